The van der Waals surface area contributed by atoms with Crippen LogP contribution in [0.2, 0.25) is 0 Å². The van der Waals surface area contributed by atoms with Crippen molar-refractivity contribution in [3.63, 3.8) is 0 Å². The maximum atomic E-state index is 12.9. The van der Waals surface area contributed by atoms with Crippen LogP contribution in [0.15, 0.2) is 40.9 Å². The van der Waals surface area contributed by atoms with E-state index in [1.54, 1.807) is 0 Å². The van der Waals surface area contributed by atoms with E-state index in [1.165, 1.54) is 0 Å². The molecule has 1 unspecified atom stereocenters. The predicted molar refractivity (Wildman–Crippen MR) is 104 cm³/mol. The number of likely N-dealkylation sites (tertiary alicyclic amines) is 1. The molecule has 1 aliphatic heterocycles. The van der Waals surface area contributed by atoms with E-state index in [4.69, 9.17) is 0 Å². The standard InChI is InChI=1S/C18H22BrN3O.ClH/c1-20-15-4-3-11-22(12-15)18(23)17-10-9-16(21(17)2)13-5-7-14(19)8-6-13;/h5-10,15,20H,3-4,11-12H2,1-2H3;1H. The molecule has 3 rings (SSSR count). The van der Waals surface area contributed by atoms with Crippen LogP contribution in [0.25, 0.3) is 11.3 Å². The number of halogens is 2. The number of benzene rings is 1. The number of amides is 1. The third-order valence-electron chi connectivity index (χ3n) is 4.60. The van der Waals surface area contributed by atoms with E-state index in [-0.39, 0.29) is 18.3 Å². The van der Waals surface area contributed by atoms with E-state index in [9.17, 15) is 4.79 Å². The summed E-state index contributed by atoms with van der Waals surface area (Å²) in [7, 11) is 3.93. The van der Waals surface area contributed by atoms with Gasteiger partial charge in [0, 0.05) is 36.3 Å². The number of piperidine rings is 1. The van der Waals surface area contributed by atoms with E-state index < -0.39 is 0 Å². The topological polar surface area (TPSA) is 37.3 Å². The zero-order valence-corrected chi connectivity index (χ0v) is 16.4. The van der Waals surface area contributed by atoms with Gasteiger partial charge in [-0.2, -0.15) is 0 Å². The first-order chi connectivity index (χ1) is 11.1. The van der Waals surface area contributed by atoms with Gasteiger partial charge < -0.3 is 14.8 Å². The summed E-state index contributed by atoms with van der Waals surface area (Å²) in [6, 6.07) is 12.5. The van der Waals surface area contributed by atoms with Crippen molar-refractivity contribution in [1.82, 2.24) is 14.8 Å². The van der Waals surface area contributed by atoms with Crippen LogP contribution in [0.5, 0.6) is 0 Å². The van der Waals surface area contributed by atoms with Crippen molar-refractivity contribution < 1.29 is 4.79 Å². The van der Waals surface area contributed by atoms with Crippen molar-refractivity contribution >= 4 is 34.2 Å². The molecule has 1 aromatic carbocycles. The molecule has 0 spiro atoms. The number of likely N-dealkylation sites (N-methyl/N-ethyl adjacent to an activating group) is 1. The fraction of sp³-hybridized carbons (Fsp3) is 0.389. The molecule has 130 valence electrons. The van der Waals surface area contributed by atoms with Gasteiger partial charge in [-0.05, 0) is 49.7 Å². The molecule has 0 radical (unpaired) electrons. The average molecular weight is 413 g/mol. The second-order valence-corrected chi connectivity index (χ2v) is 6.96. The van der Waals surface area contributed by atoms with Crippen LogP contribution in [0.4, 0.5) is 0 Å². The normalized spacial score (nSPS) is 17.5. The lowest BCUT2D eigenvalue weighted by Crippen LogP contribution is -2.47. The molecule has 1 aliphatic rings. The Balaban J connectivity index is 0.00000208. The first kappa shape index (κ1) is 19.0. The van der Waals surface area contributed by atoms with Crippen LogP contribution < -0.4 is 5.32 Å². The van der Waals surface area contributed by atoms with Crippen LogP contribution in [0, 0.1) is 0 Å². The van der Waals surface area contributed by atoms with Crippen LogP contribution in [0.1, 0.15) is 23.3 Å². The fourth-order valence-electron chi connectivity index (χ4n) is 3.20. The van der Waals surface area contributed by atoms with E-state index in [0.29, 0.717) is 6.04 Å². The highest BCUT2D eigenvalue weighted by atomic mass is 79.9. The van der Waals surface area contributed by atoms with Gasteiger partial charge in [0.25, 0.3) is 5.91 Å². The van der Waals surface area contributed by atoms with Gasteiger partial charge in [-0.3, -0.25) is 4.79 Å². The van der Waals surface area contributed by atoms with Crippen molar-refractivity contribution in [1.29, 1.82) is 0 Å². The highest BCUT2D eigenvalue weighted by Crippen LogP contribution is 2.24. The van der Waals surface area contributed by atoms with Crippen molar-refractivity contribution in [3.8, 4) is 11.3 Å². The molecule has 1 atom stereocenters. The number of hydrogen-bond acceptors (Lipinski definition) is 2. The molecule has 1 aromatic heterocycles. The molecule has 6 heteroatoms. The smallest absolute Gasteiger partial charge is 0.270 e. The molecular formula is C18H23BrClN3O. The molecule has 0 bridgehead atoms. The molecule has 1 saturated heterocycles. The number of rotatable bonds is 3. The molecule has 1 amide bonds. The van der Waals surface area contributed by atoms with Gasteiger partial charge in [0.1, 0.15) is 5.69 Å². The predicted octanol–water partition coefficient (Wildman–Crippen LogP) is 3.70. The van der Waals surface area contributed by atoms with Crippen molar-refractivity contribution in [3.05, 3.63) is 46.6 Å². The third-order valence-corrected chi connectivity index (χ3v) is 5.13. The number of carbonyl (C=O) groups excluding carboxylic acids is 1. The summed E-state index contributed by atoms with van der Waals surface area (Å²) in [6.45, 7) is 1.63. The largest absolute Gasteiger partial charge is 0.340 e. The van der Waals surface area contributed by atoms with Gasteiger partial charge in [-0.15, -0.1) is 12.4 Å². The van der Waals surface area contributed by atoms with Gasteiger partial charge in [0.05, 0.1) is 0 Å². The molecule has 0 aliphatic carbocycles. The molecule has 0 saturated carbocycles. The van der Waals surface area contributed by atoms with E-state index in [1.807, 2.05) is 47.8 Å². The zero-order valence-electron chi connectivity index (χ0n) is 14.0. The number of nitrogens with zero attached hydrogens (tertiary/aromatic N) is 2. The van der Waals surface area contributed by atoms with Gasteiger partial charge in [0.15, 0.2) is 0 Å². The Kier molecular flexibility index (Phi) is 6.49. The summed E-state index contributed by atoms with van der Waals surface area (Å²) in [4.78, 5) is 14.8. The molecule has 4 nitrogen and oxygen atoms in total. The summed E-state index contributed by atoms with van der Waals surface area (Å²) < 4.78 is 3.05. The molecule has 1 N–H and O–H groups in total. The Morgan fingerprint density at radius 1 is 1.21 bits per heavy atom. The van der Waals surface area contributed by atoms with Crippen LogP contribution in [-0.2, 0) is 7.05 Å². The number of aromatic nitrogens is 1. The van der Waals surface area contributed by atoms with E-state index in [0.717, 1.165) is 47.4 Å². The molecule has 1 fully saturated rings. The lowest BCUT2D eigenvalue weighted by atomic mass is 10.1. The number of carbonyl (C=O) groups is 1. The summed E-state index contributed by atoms with van der Waals surface area (Å²) >= 11 is 3.46. The average Bonchev–Trinajstić information content (AvgIpc) is 2.96. The molecule has 24 heavy (non-hydrogen) atoms. The SMILES string of the molecule is CNC1CCCN(C(=O)c2ccc(-c3ccc(Br)cc3)n2C)C1.Cl. The molecule has 2 heterocycles. The highest BCUT2D eigenvalue weighted by Gasteiger charge is 2.25. The first-order valence-electron chi connectivity index (χ1n) is 7.98. The minimum atomic E-state index is 0. The van der Waals surface area contributed by atoms with Crippen LogP contribution in [0.3, 0.4) is 0 Å². The van der Waals surface area contributed by atoms with Gasteiger partial charge >= 0.3 is 0 Å². The fourth-order valence-corrected chi connectivity index (χ4v) is 3.46. The minimum absolute atomic E-state index is 0. The van der Waals surface area contributed by atoms with Crippen molar-refractivity contribution in [2.45, 2.75) is 18.9 Å². The minimum Gasteiger partial charge on any atom is -0.340 e. The highest BCUT2D eigenvalue weighted by molar-refractivity contribution is 9.10. The Morgan fingerprint density at radius 3 is 2.58 bits per heavy atom. The maximum absolute atomic E-state index is 12.9. The van der Waals surface area contributed by atoms with Crippen LogP contribution in [-0.4, -0.2) is 41.6 Å². The Morgan fingerprint density at radius 2 is 1.92 bits per heavy atom. The second-order valence-electron chi connectivity index (χ2n) is 6.05. The van der Waals surface area contributed by atoms with Gasteiger partial charge in [0.2, 0.25) is 0 Å². The third kappa shape index (κ3) is 3.85. The van der Waals surface area contributed by atoms with Gasteiger partial charge in [-0.1, -0.05) is 28.1 Å². The maximum Gasteiger partial charge on any atom is 0.270 e. The first-order valence-corrected chi connectivity index (χ1v) is 8.77. The zero-order chi connectivity index (χ0) is 16.4. The second kappa shape index (κ2) is 8.19. The number of nitrogens with one attached hydrogen (secondary N) is 1. The Labute approximate surface area is 157 Å². The van der Waals surface area contributed by atoms with Gasteiger partial charge in [-0.25, -0.2) is 0 Å². The lowest BCUT2D eigenvalue weighted by Gasteiger charge is -2.32. The summed E-state index contributed by atoms with van der Waals surface area (Å²) in [5.74, 6) is 0.121. The summed E-state index contributed by atoms with van der Waals surface area (Å²) in [5.41, 5.74) is 2.92. The lowest BCUT2D eigenvalue weighted by molar-refractivity contribution is 0.0688. The summed E-state index contributed by atoms with van der Waals surface area (Å²) in [6.07, 6.45) is 2.19. The molecule has 2 aromatic rings. The van der Waals surface area contributed by atoms with Crippen molar-refractivity contribution in [2.24, 2.45) is 7.05 Å². The Bertz CT molecular complexity index is 699. The van der Waals surface area contributed by atoms with Crippen molar-refractivity contribution in [2.75, 3.05) is 20.1 Å². The molecular weight excluding hydrogens is 390 g/mol. The Hall–Kier alpha value is -1.30. The number of hydrogen-bond donors (Lipinski definition) is 1. The quantitative estimate of drug-likeness (QED) is 0.834. The van der Waals surface area contributed by atoms with E-state index in [2.05, 4.69) is 33.4 Å². The monoisotopic (exact) mass is 411 g/mol. The summed E-state index contributed by atoms with van der Waals surface area (Å²) in [5, 5.41) is 3.29. The van der Waals surface area contributed by atoms with Crippen LogP contribution >= 0.6 is 28.3 Å². The van der Waals surface area contributed by atoms with E-state index >= 15 is 0 Å².